The minimum absolute atomic E-state index is 0.0613. The number of rotatable bonds is 9. The Bertz CT molecular complexity index is 460. The first-order chi connectivity index (χ1) is 11.1. The zero-order chi connectivity index (χ0) is 17.7. The first kappa shape index (κ1) is 21.2. The molecular weight excluding hydrogens is 290 g/mol. The maximum Gasteiger partial charge on any atom is 0.327 e. The zero-order valence-electron chi connectivity index (χ0n) is 14.9. The lowest BCUT2D eigenvalue weighted by atomic mass is 10.1. The molecule has 0 spiro atoms. The van der Waals surface area contributed by atoms with Gasteiger partial charge in [0.25, 0.3) is 0 Å². The molecule has 4 nitrogen and oxygen atoms in total. The third-order valence-corrected chi connectivity index (χ3v) is 3.19. The molecular formula is C19H31NO3. The van der Waals surface area contributed by atoms with Gasteiger partial charge in [0.05, 0.1) is 0 Å². The van der Waals surface area contributed by atoms with Gasteiger partial charge in [-0.05, 0) is 30.5 Å². The molecule has 0 aliphatic rings. The molecule has 1 aromatic carbocycles. The molecule has 0 amide bonds. The highest BCUT2D eigenvalue weighted by Gasteiger charge is 2.21. The number of carbonyl (C=O) groups excluding carboxylic acids is 1. The van der Waals surface area contributed by atoms with Crippen LogP contribution >= 0.6 is 0 Å². The van der Waals surface area contributed by atoms with Crippen LogP contribution in [0, 0.1) is 0 Å². The fraction of sp³-hybridized carbons (Fsp3) is 0.526. The molecule has 2 atom stereocenters. The Kier molecular flexibility index (Phi) is 11.7. The Morgan fingerprint density at radius 2 is 2.04 bits per heavy atom. The molecule has 4 heteroatoms. The summed E-state index contributed by atoms with van der Waals surface area (Å²) in [5.74, 6) is 0.271. The normalized spacial score (nSPS) is 12.4. The Morgan fingerprint density at radius 1 is 1.35 bits per heavy atom. The maximum atomic E-state index is 12.1. The van der Waals surface area contributed by atoms with Crippen LogP contribution in [0.15, 0.2) is 36.9 Å². The molecule has 1 aromatic rings. The molecule has 0 bridgehead atoms. The number of esters is 1. The van der Waals surface area contributed by atoms with E-state index in [1.165, 1.54) is 0 Å². The molecule has 1 rings (SSSR count). The second-order valence-corrected chi connectivity index (χ2v) is 4.91. The van der Waals surface area contributed by atoms with E-state index in [4.69, 9.17) is 15.2 Å². The van der Waals surface area contributed by atoms with Crippen LogP contribution in [-0.2, 0) is 9.53 Å². The predicted molar refractivity (Wildman–Crippen MR) is 95.5 cm³/mol. The Balaban J connectivity index is 0.00000232. The largest absolute Gasteiger partial charge is 0.490 e. The van der Waals surface area contributed by atoms with Gasteiger partial charge in [-0.3, -0.25) is 0 Å². The van der Waals surface area contributed by atoms with Gasteiger partial charge in [0.1, 0.15) is 24.5 Å². The second kappa shape index (κ2) is 12.7. The van der Waals surface area contributed by atoms with Crippen LogP contribution in [-0.4, -0.2) is 18.7 Å². The number of hydrogen-bond donors (Lipinski definition) is 1. The van der Waals surface area contributed by atoms with E-state index in [1.54, 1.807) is 18.2 Å². The van der Waals surface area contributed by atoms with E-state index >= 15 is 0 Å². The number of hydrogen-bond acceptors (Lipinski definition) is 4. The van der Waals surface area contributed by atoms with Gasteiger partial charge in [0.15, 0.2) is 0 Å². The summed E-state index contributed by atoms with van der Waals surface area (Å²) >= 11 is 0. The first-order valence-electron chi connectivity index (χ1n) is 8.42. The van der Waals surface area contributed by atoms with Crippen molar-refractivity contribution in [2.45, 2.75) is 59.1 Å². The van der Waals surface area contributed by atoms with Gasteiger partial charge in [-0.1, -0.05) is 58.9 Å². The summed E-state index contributed by atoms with van der Waals surface area (Å²) in [6, 6.07) is 6.40. The van der Waals surface area contributed by atoms with Crippen molar-refractivity contribution < 1.29 is 14.3 Å². The summed E-state index contributed by atoms with van der Waals surface area (Å²) in [5, 5.41) is 0. The van der Waals surface area contributed by atoms with Crippen molar-refractivity contribution in [3.63, 3.8) is 0 Å². The highest BCUT2D eigenvalue weighted by atomic mass is 16.5. The average Bonchev–Trinajstić information content (AvgIpc) is 2.60. The van der Waals surface area contributed by atoms with Crippen LogP contribution in [0.5, 0.6) is 5.75 Å². The Hall–Kier alpha value is -1.81. The summed E-state index contributed by atoms with van der Waals surface area (Å²) in [4.78, 5) is 12.1. The monoisotopic (exact) mass is 321 g/mol. The lowest BCUT2D eigenvalue weighted by Crippen LogP contribution is -2.28. The van der Waals surface area contributed by atoms with Gasteiger partial charge < -0.3 is 15.2 Å². The molecule has 0 heterocycles. The van der Waals surface area contributed by atoms with Crippen LogP contribution in [0.1, 0.15) is 58.6 Å². The summed E-state index contributed by atoms with van der Waals surface area (Å²) in [7, 11) is 0. The standard InChI is InChI=1S/C17H25NO3.C2H6/c1-4-8-14(6-3)21-17(19)16(18)13-9-7-10-15(12-13)20-11-5-2;1-2/h5,7,9-10,12,14,16H,2,4,6,8,11,18H2,1,3H3;1-2H3. The molecule has 2 unspecified atom stereocenters. The fourth-order valence-electron chi connectivity index (χ4n) is 1.99. The van der Waals surface area contributed by atoms with Crippen molar-refractivity contribution in [1.29, 1.82) is 0 Å². The highest BCUT2D eigenvalue weighted by molar-refractivity contribution is 5.77. The maximum absolute atomic E-state index is 12.1. The summed E-state index contributed by atoms with van der Waals surface area (Å²) < 4.78 is 10.9. The molecule has 0 radical (unpaired) electrons. The van der Waals surface area contributed by atoms with Crippen LogP contribution in [0.3, 0.4) is 0 Å². The van der Waals surface area contributed by atoms with Crippen LogP contribution in [0.25, 0.3) is 0 Å². The number of ether oxygens (including phenoxy) is 2. The van der Waals surface area contributed by atoms with Crippen molar-refractivity contribution in [3.05, 3.63) is 42.5 Å². The third kappa shape index (κ3) is 7.84. The van der Waals surface area contributed by atoms with E-state index in [1.807, 2.05) is 32.9 Å². The van der Waals surface area contributed by atoms with Crippen molar-refractivity contribution in [1.82, 2.24) is 0 Å². The molecule has 0 saturated heterocycles. The minimum atomic E-state index is -0.789. The average molecular weight is 321 g/mol. The van der Waals surface area contributed by atoms with Gasteiger partial charge in [0, 0.05) is 0 Å². The van der Waals surface area contributed by atoms with Gasteiger partial charge in [0.2, 0.25) is 0 Å². The van der Waals surface area contributed by atoms with E-state index in [9.17, 15) is 4.79 Å². The van der Waals surface area contributed by atoms with Crippen molar-refractivity contribution >= 4 is 5.97 Å². The molecule has 2 N–H and O–H groups in total. The number of nitrogens with two attached hydrogens (primary N) is 1. The Labute approximate surface area is 140 Å². The second-order valence-electron chi connectivity index (χ2n) is 4.91. The number of carbonyl (C=O) groups is 1. The SMILES string of the molecule is C=CCOc1cccc(C(N)C(=O)OC(CC)CCC)c1.CC. The van der Waals surface area contributed by atoms with Crippen molar-refractivity contribution in [2.75, 3.05) is 6.61 Å². The van der Waals surface area contributed by atoms with Gasteiger partial charge in [-0.2, -0.15) is 0 Å². The molecule has 0 saturated carbocycles. The Morgan fingerprint density at radius 3 is 2.61 bits per heavy atom. The summed E-state index contributed by atoms with van der Waals surface area (Å²) in [6.07, 6.45) is 4.24. The van der Waals surface area contributed by atoms with Gasteiger partial charge >= 0.3 is 5.97 Å². The predicted octanol–water partition coefficient (Wildman–Crippen LogP) is 4.40. The smallest absolute Gasteiger partial charge is 0.327 e. The summed E-state index contributed by atoms with van der Waals surface area (Å²) in [6.45, 7) is 12.1. The van der Waals surface area contributed by atoms with Crippen molar-refractivity contribution in [2.24, 2.45) is 5.73 Å². The van der Waals surface area contributed by atoms with Crippen LogP contribution < -0.4 is 10.5 Å². The quantitative estimate of drug-likeness (QED) is 0.541. The fourth-order valence-corrected chi connectivity index (χ4v) is 1.99. The topological polar surface area (TPSA) is 61.5 Å². The minimum Gasteiger partial charge on any atom is -0.490 e. The summed E-state index contributed by atoms with van der Waals surface area (Å²) in [5.41, 5.74) is 6.67. The highest BCUT2D eigenvalue weighted by Crippen LogP contribution is 2.20. The molecule has 130 valence electrons. The lowest BCUT2D eigenvalue weighted by Gasteiger charge is -2.19. The molecule has 23 heavy (non-hydrogen) atoms. The lowest BCUT2D eigenvalue weighted by molar-refractivity contribution is -0.151. The van der Waals surface area contributed by atoms with Crippen LogP contribution in [0.2, 0.25) is 0 Å². The zero-order valence-corrected chi connectivity index (χ0v) is 14.9. The van der Waals surface area contributed by atoms with E-state index in [0.717, 1.165) is 19.3 Å². The molecule has 0 aliphatic heterocycles. The van der Waals surface area contributed by atoms with E-state index < -0.39 is 12.0 Å². The number of benzene rings is 1. The molecule has 0 aliphatic carbocycles. The third-order valence-electron chi connectivity index (χ3n) is 3.19. The first-order valence-corrected chi connectivity index (χ1v) is 8.42. The van der Waals surface area contributed by atoms with Gasteiger partial charge in [-0.15, -0.1) is 0 Å². The van der Waals surface area contributed by atoms with Crippen LogP contribution in [0.4, 0.5) is 0 Å². The van der Waals surface area contributed by atoms with E-state index in [0.29, 0.717) is 17.9 Å². The van der Waals surface area contributed by atoms with E-state index in [-0.39, 0.29) is 6.10 Å². The van der Waals surface area contributed by atoms with E-state index in [2.05, 4.69) is 13.5 Å². The molecule has 0 fully saturated rings. The molecule has 0 aromatic heterocycles. The van der Waals surface area contributed by atoms with Crippen molar-refractivity contribution in [3.8, 4) is 5.75 Å². The van der Waals surface area contributed by atoms with Gasteiger partial charge in [-0.25, -0.2) is 4.79 Å².